The van der Waals surface area contributed by atoms with E-state index in [2.05, 4.69) is 5.10 Å². The van der Waals surface area contributed by atoms with Gasteiger partial charge in [0, 0.05) is 11.6 Å². The highest BCUT2D eigenvalue weighted by molar-refractivity contribution is 6.34. The lowest BCUT2D eigenvalue weighted by Crippen LogP contribution is -2.17. The highest BCUT2D eigenvalue weighted by atomic mass is 35.5. The van der Waals surface area contributed by atoms with Crippen LogP contribution in [0, 0.1) is 11.6 Å². The van der Waals surface area contributed by atoms with Gasteiger partial charge in [-0.15, -0.1) is 0 Å². The first-order valence-corrected chi connectivity index (χ1v) is 7.69. The molecule has 0 unspecified atom stereocenters. The van der Waals surface area contributed by atoms with E-state index in [0.717, 1.165) is 12.1 Å². The SMILES string of the molecule is CC(C)(O)c1nn(-c2ccc(F)cc2F)c(-c2ccccc2)c1Cl. The van der Waals surface area contributed by atoms with Crippen LogP contribution in [0.2, 0.25) is 5.02 Å². The molecule has 1 N–H and O–H groups in total. The summed E-state index contributed by atoms with van der Waals surface area (Å²) >= 11 is 6.44. The molecule has 0 aliphatic rings. The molecule has 0 aliphatic carbocycles. The Morgan fingerprint density at radius 3 is 2.33 bits per heavy atom. The Labute approximate surface area is 143 Å². The van der Waals surface area contributed by atoms with Crippen LogP contribution < -0.4 is 0 Å². The second-order valence-corrected chi connectivity index (χ2v) is 6.32. The van der Waals surface area contributed by atoms with Crippen molar-refractivity contribution in [3.63, 3.8) is 0 Å². The third-order valence-corrected chi connectivity index (χ3v) is 3.95. The standard InChI is InChI=1S/C18H15ClF2N2O/c1-18(2,24)17-15(19)16(11-6-4-3-5-7-11)23(22-17)14-9-8-12(20)10-13(14)21/h3-10,24H,1-2H3. The van der Waals surface area contributed by atoms with E-state index in [1.807, 2.05) is 18.2 Å². The van der Waals surface area contributed by atoms with Crippen molar-refractivity contribution in [3.8, 4) is 16.9 Å². The minimum atomic E-state index is -1.32. The summed E-state index contributed by atoms with van der Waals surface area (Å²) in [6, 6.07) is 12.3. The Kier molecular flexibility index (Phi) is 4.15. The van der Waals surface area contributed by atoms with Crippen molar-refractivity contribution in [3.05, 3.63) is 70.9 Å². The number of hydrogen-bond donors (Lipinski definition) is 1. The van der Waals surface area contributed by atoms with Crippen LogP contribution in [0.25, 0.3) is 16.9 Å². The largest absolute Gasteiger partial charge is 0.384 e. The molecular weight excluding hydrogens is 334 g/mol. The summed E-state index contributed by atoms with van der Waals surface area (Å²) in [5, 5.41) is 14.8. The Bertz CT molecular complexity index is 886. The molecule has 0 aliphatic heterocycles. The first kappa shape index (κ1) is 16.6. The second-order valence-electron chi connectivity index (χ2n) is 5.94. The van der Waals surface area contributed by atoms with Crippen LogP contribution in [0.5, 0.6) is 0 Å². The Morgan fingerprint density at radius 1 is 1.08 bits per heavy atom. The maximum atomic E-state index is 14.3. The summed E-state index contributed by atoms with van der Waals surface area (Å²) in [5.41, 5.74) is 0.0797. The molecule has 3 aromatic rings. The number of rotatable bonds is 3. The van der Waals surface area contributed by atoms with Crippen molar-refractivity contribution in [2.75, 3.05) is 0 Å². The molecule has 124 valence electrons. The molecule has 3 rings (SSSR count). The van der Waals surface area contributed by atoms with Gasteiger partial charge in [0.05, 0.1) is 10.7 Å². The average molecular weight is 349 g/mol. The lowest BCUT2D eigenvalue weighted by atomic mass is 10.0. The summed E-state index contributed by atoms with van der Waals surface area (Å²) in [4.78, 5) is 0. The molecule has 0 atom stereocenters. The molecule has 0 saturated heterocycles. The van der Waals surface area contributed by atoms with Gasteiger partial charge in [0.15, 0.2) is 5.82 Å². The molecule has 0 amide bonds. The molecule has 0 bridgehead atoms. The van der Waals surface area contributed by atoms with Crippen LogP contribution in [-0.4, -0.2) is 14.9 Å². The summed E-state index contributed by atoms with van der Waals surface area (Å²) in [5.74, 6) is -1.45. The highest BCUT2D eigenvalue weighted by Crippen LogP contribution is 2.37. The van der Waals surface area contributed by atoms with Gasteiger partial charge in [0.25, 0.3) is 0 Å². The quantitative estimate of drug-likeness (QED) is 0.745. The minimum Gasteiger partial charge on any atom is -0.384 e. The molecule has 0 saturated carbocycles. The van der Waals surface area contributed by atoms with Gasteiger partial charge in [-0.25, -0.2) is 13.5 Å². The molecular formula is C18H15ClF2N2O. The first-order chi connectivity index (χ1) is 11.3. The van der Waals surface area contributed by atoms with Crippen LogP contribution in [-0.2, 0) is 5.60 Å². The molecule has 2 aromatic carbocycles. The molecule has 6 heteroatoms. The lowest BCUT2D eigenvalue weighted by Gasteiger charge is -2.14. The van der Waals surface area contributed by atoms with Crippen LogP contribution >= 0.6 is 11.6 Å². The second kappa shape index (κ2) is 6.00. The van der Waals surface area contributed by atoms with Crippen molar-refractivity contribution < 1.29 is 13.9 Å². The highest BCUT2D eigenvalue weighted by Gasteiger charge is 2.29. The van der Waals surface area contributed by atoms with Crippen LogP contribution in [0.15, 0.2) is 48.5 Å². The van der Waals surface area contributed by atoms with E-state index in [0.29, 0.717) is 11.3 Å². The Hall–Kier alpha value is -2.24. The van der Waals surface area contributed by atoms with Crippen molar-refractivity contribution in [2.24, 2.45) is 0 Å². The van der Waals surface area contributed by atoms with Crippen molar-refractivity contribution in [2.45, 2.75) is 19.4 Å². The summed E-state index contributed by atoms with van der Waals surface area (Å²) in [7, 11) is 0. The molecule has 3 nitrogen and oxygen atoms in total. The van der Waals surface area contributed by atoms with Gasteiger partial charge in [-0.05, 0) is 26.0 Å². The Balaban J connectivity index is 2.32. The van der Waals surface area contributed by atoms with Gasteiger partial charge in [-0.2, -0.15) is 5.10 Å². The van der Waals surface area contributed by atoms with E-state index in [4.69, 9.17) is 11.6 Å². The number of aromatic nitrogens is 2. The van der Waals surface area contributed by atoms with Gasteiger partial charge in [-0.3, -0.25) is 0 Å². The predicted molar refractivity (Wildman–Crippen MR) is 89.2 cm³/mol. The fourth-order valence-electron chi connectivity index (χ4n) is 2.46. The fraction of sp³-hybridized carbons (Fsp3) is 0.167. The zero-order valence-electron chi connectivity index (χ0n) is 13.1. The third-order valence-electron chi connectivity index (χ3n) is 3.59. The number of benzene rings is 2. The predicted octanol–water partition coefficient (Wildman–Crippen LogP) is 4.70. The van der Waals surface area contributed by atoms with Crippen molar-refractivity contribution in [1.82, 2.24) is 9.78 Å². The third kappa shape index (κ3) is 2.92. The van der Waals surface area contributed by atoms with Crippen molar-refractivity contribution in [1.29, 1.82) is 0 Å². The van der Waals surface area contributed by atoms with E-state index in [1.165, 1.54) is 10.7 Å². The smallest absolute Gasteiger partial charge is 0.151 e. The summed E-state index contributed by atoms with van der Waals surface area (Å²) in [6.45, 7) is 3.09. The fourth-order valence-corrected chi connectivity index (χ4v) is 2.92. The maximum Gasteiger partial charge on any atom is 0.151 e. The van der Waals surface area contributed by atoms with Crippen LogP contribution in [0.1, 0.15) is 19.5 Å². The normalized spacial score (nSPS) is 11.8. The van der Waals surface area contributed by atoms with Gasteiger partial charge in [-0.1, -0.05) is 41.9 Å². The Morgan fingerprint density at radius 2 is 1.75 bits per heavy atom. The monoisotopic (exact) mass is 348 g/mol. The van der Waals surface area contributed by atoms with E-state index >= 15 is 0 Å². The van der Waals surface area contributed by atoms with E-state index in [9.17, 15) is 13.9 Å². The zero-order chi connectivity index (χ0) is 17.5. The zero-order valence-corrected chi connectivity index (χ0v) is 13.9. The van der Waals surface area contributed by atoms with E-state index < -0.39 is 17.2 Å². The van der Waals surface area contributed by atoms with Gasteiger partial charge in [0.2, 0.25) is 0 Å². The van der Waals surface area contributed by atoms with E-state index in [1.54, 1.807) is 26.0 Å². The van der Waals surface area contributed by atoms with Crippen LogP contribution in [0.3, 0.4) is 0 Å². The molecule has 0 spiro atoms. The molecule has 1 heterocycles. The summed E-state index contributed by atoms with van der Waals surface area (Å²) in [6.07, 6.45) is 0. The topological polar surface area (TPSA) is 38.1 Å². The number of hydrogen-bond acceptors (Lipinski definition) is 2. The maximum absolute atomic E-state index is 14.3. The first-order valence-electron chi connectivity index (χ1n) is 7.31. The van der Waals surface area contributed by atoms with Crippen molar-refractivity contribution >= 4 is 11.6 Å². The minimum absolute atomic E-state index is 0.0488. The number of aliphatic hydroxyl groups is 1. The lowest BCUT2D eigenvalue weighted by molar-refractivity contribution is 0.0735. The molecule has 24 heavy (non-hydrogen) atoms. The molecule has 1 aromatic heterocycles. The average Bonchev–Trinajstić information content (AvgIpc) is 2.85. The number of nitrogens with zero attached hydrogens (tertiary/aromatic N) is 2. The van der Waals surface area contributed by atoms with Gasteiger partial charge >= 0.3 is 0 Å². The van der Waals surface area contributed by atoms with Gasteiger partial charge in [0.1, 0.15) is 22.8 Å². The molecule has 0 fully saturated rings. The summed E-state index contributed by atoms with van der Waals surface area (Å²) < 4.78 is 28.8. The molecule has 0 radical (unpaired) electrons. The van der Waals surface area contributed by atoms with Crippen LogP contribution in [0.4, 0.5) is 8.78 Å². The van der Waals surface area contributed by atoms with E-state index in [-0.39, 0.29) is 16.4 Å². The van der Waals surface area contributed by atoms with Gasteiger partial charge < -0.3 is 5.11 Å². The number of halogens is 3.